The first-order valence-electron chi connectivity index (χ1n) is 5.93. The Morgan fingerprint density at radius 2 is 2.37 bits per heavy atom. The molecule has 1 fully saturated rings. The maximum Gasteiger partial charge on any atom is 0.320 e. The van der Waals surface area contributed by atoms with Crippen LogP contribution < -0.4 is 5.32 Å². The summed E-state index contributed by atoms with van der Waals surface area (Å²) in [5.41, 5.74) is 1.51. The Labute approximate surface area is 114 Å². The van der Waals surface area contributed by atoms with Gasteiger partial charge in [0.05, 0.1) is 17.7 Å². The lowest BCUT2D eigenvalue weighted by atomic mass is 10.1. The molecule has 1 saturated heterocycles. The van der Waals surface area contributed by atoms with Crippen LogP contribution in [0.1, 0.15) is 28.6 Å². The van der Waals surface area contributed by atoms with Gasteiger partial charge in [-0.2, -0.15) is 0 Å². The highest BCUT2D eigenvalue weighted by molar-refractivity contribution is 7.99. The van der Waals surface area contributed by atoms with E-state index in [4.69, 9.17) is 5.11 Å². The van der Waals surface area contributed by atoms with Gasteiger partial charge < -0.3 is 15.3 Å². The van der Waals surface area contributed by atoms with Gasteiger partial charge in [0.15, 0.2) is 0 Å². The van der Waals surface area contributed by atoms with E-state index < -0.39 is 12.0 Å². The smallest absolute Gasteiger partial charge is 0.320 e. The molecule has 104 valence electrons. The molecule has 0 amide bonds. The molecule has 0 saturated carbocycles. The van der Waals surface area contributed by atoms with Crippen LogP contribution >= 0.6 is 11.8 Å². The fourth-order valence-electron chi connectivity index (χ4n) is 2.05. The number of aliphatic carboxylic acids is 1. The van der Waals surface area contributed by atoms with Crippen LogP contribution in [0.25, 0.3) is 0 Å². The molecular weight excluding hydrogens is 268 g/mol. The van der Waals surface area contributed by atoms with Crippen molar-refractivity contribution in [2.24, 2.45) is 0 Å². The van der Waals surface area contributed by atoms with Gasteiger partial charge in [0.1, 0.15) is 11.8 Å². The molecule has 0 bridgehead atoms. The number of aryl methyl sites for hydroxylation is 1. The van der Waals surface area contributed by atoms with Crippen molar-refractivity contribution in [3.05, 3.63) is 23.0 Å². The van der Waals surface area contributed by atoms with Crippen LogP contribution in [0.5, 0.6) is 5.75 Å². The zero-order valence-corrected chi connectivity index (χ0v) is 11.3. The first-order valence-corrected chi connectivity index (χ1v) is 6.98. The fraction of sp³-hybridized carbons (Fsp3) is 0.500. The molecule has 4 N–H and O–H groups in total. The number of carboxylic acids is 1. The maximum atomic E-state index is 11.0. The summed E-state index contributed by atoms with van der Waals surface area (Å²) in [6, 6.07) is -0.634. The molecule has 1 aromatic rings. The van der Waals surface area contributed by atoms with Crippen LogP contribution in [0.2, 0.25) is 0 Å². The second-order valence-electron chi connectivity index (χ2n) is 4.39. The van der Waals surface area contributed by atoms with Gasteiger partial charge in [-0.15, -0.1) is 11.8 Å². The van der Waals surface area contributed by atoms with E-state index in [1.54, 1.807) is 6.92 Å². The van der Waals surface area contributed by atoms with Crippen LogP contribution in [-0.2, 0) is 11.4 Å². The fourth-order valence-corrected chi connectivity index (χ4v) is 3.35. The maximum absolute atomic E-state index is 11.0. The molecule has 7 heteroatoms. The number of hydrogen-bond acceptors (Lipinski definition) is 6. The third-order valence-corrected chi connectivity index (χ3v) is 4.31. The van der Waals surface area contributed by atoms with E-state index in [2.05, 4.69) is 10.3 Å². The number of pyridine rings is 1. The van der Waals surface area contributed by atoms with Crippen molar-refractivity contribution in [1.29, 1.82) is 0 Å². The van der Waals surface area contributed by atoms with Gasteiger partial charge in [0.25, 0.3) is 0 Å². The summed E-state index contributed by atoms with van der Waals surface area (Å²) >= 11 is 1.52. The van der Waals surface area contributed by atoms with Crippen LogP contribution in [0, 0.1) is 6.92 Å². The molecule has 0 aliphatic carbocycles. The number of aromatic nitrogens is 1. The molecule has 0 aromatic carbocycles. The molecule has 0 spiro atoms. The SMILES string of the molecule is Cc1ncc(CO)c(C2NC(C(=O)O)CCS2)c1O. The standard InChI is InChI=1S/C12H16N2O4S/c1-6-10(16)9(7(5-15)4-13-6)11-14-8(12(17)18)2-3-19-11/h4,8,11,14-16H,2-3,5H2,1H3,(H,17,18). The molecule has 6 nitrogen and oxygen atoms in total. The van der Waals surface area contributed by atoms with E-state index in [0.29, 0.717) is 29.0 Å². The Kier molecular flexibility index (Phi) is 4.28. The predicted molar refractivity (Wildman–Crippen MR) is 70.9 cm³/mol. The number of carbonyl (C=O) groups is 1. The zero-order valence-electron chi connectivity index (χ0n) is 10.5. The Morgan fingerprint density at radius 1 is 1.63 bits per heavy atom. The quantitative estimate of drug-likeness (QED) is 0.650. The number of thioether (sulfide) groups is 1. The van der Waals surface area contributed by atoms with Gasteiger partial charge in [-0.3, -0.25) is 15.1 Å². The first-order chi connectivity index (χ1) is 9.04. The number of aliphatic hydroxyl groups excluding tert-OH is 1. The molecule has 1 aliphatic rings. The van der Waals surface area contributed by atoms with Gasteiger partial charge in [-0.1, -0.05) is 0 Å². The summed E-state index contributed by atoms with van der Waals surface area (Å²) in [5.74, 6) is -0.205. The summed E-state index contributed by atoms with van der Waals surface area (Å²) in [5, 5.41) is 31.1. The van der Waals surface area contributed by atoms with Crippen LogP contribution in [0.15, 0.2) is 6.20 Å². The third-order valence-electron chi connectivity index (χ3n) is 3.13. The Hall–Kier alpha value is -1.31. The molecule has 2 atom stereocenters. The van der Waals surface area contributed by atoms with Gasteiger partial charge in [-0.05, 0) is 19.1 Å². The number of carboxylic acid groups (broad SMARTS) is 1. The molecule has 19 heavy (non-hydrogen) atoms. The number of nitrogens with zero attached hydrogens (tertiary/aromatic N) is 1. The van der Waals surface area contributed by atoms with E-state index in [0.717, 1.165) is 0 Å². The van der Waals surface area contributed by atoms with Crippen molar-refractivity contribution < 1.29 is 20.1 Å². The predicted octanol–water partition coefficient (Wildman–Crippen LogP) is 0.766. The van der Waals surface area contributed by atoms with E-state index >= 15 is 0 Å². The van der Waals surface area contributed by atoms with E-state index in [1.165, 1.54) is 18.0 Å². The summed E-state index contributed by atoms with van der Waals surface area (Å²) in [4.78, 5) is 15.0. The minimum atomic E-state index is -0.902. The molecule has 2 unspecified atom stereocenters. The molecule has 1 aliphatic heterocycles. The zero-order chi connectivity index (χ0) is 14.0. The second-order valence-corrected chi connectivity index (χ2v) is 5.60. The highest BCUT2D eigenvalue weighted by Crippen LogP contribution is 2.39. The van der Waals surface area contributed by atoms with Gasteiger partial charge >= 0.3 is 5.97 Å². The van der Waals surface area contributed by atoms with Crippen molar-refractivity contribution >= 4 is 17.7 Å². The van der Waals surface area contributed by atoms with Crippen molar-refractivity contribution in [2.45, 2.75) is 31.4 Å². The lowest BCUT2D eigenvalue weighted by Crippen LogP contribution is -2.42. The van der Waals surface area contributed by atoms with Gasteiger partial charge in [-0.25, -0.2) is 0 Å². The Balaban J connectivity index is 2.35. The normalized spacial score (nSPS) is 23.3. The summed E-state index contributed by atoms with van der Waals surface area (Å²) in [6.45, 7) is 1.43. The second kappa shape index (κ2) is 5.77. The molecule has 2 rings (SSSR count). The minimum absolute atomic E-state index is 0.0163. The first kappa shape index (κ1) is 14.1. The van der Waals surface area contributed by atoms with Gasteiger partial charge in [0, 0.05) is 17.3 Å². The van der Waals surface area contributed by atoms with E-state index in [1.807, 2.05) is 0 Å². The molecule has 0 radical (unpaired) electrons. The number of hydrogen-bond donors (Lipinski definition) is 4. The lowest BCUT2D eigenvalue weighted by Gasteiger charge is -2.30. The van der Waals surface area contributed by atoms with Crippen LogP contribution in [0.3, 0.4) is 0 Å². The van der Waals surface area contributed by atoms with Crippen molar-refractivity contribution in [3.63, 3.8) is 0 Å². The topological polar surface area (TPSA) is 103 Å². The van der Waals surface area contributed by atoms with E-state index in [-0.39, 0.29) is 17.7 Å². The monoisotopic (exact) mass is 284 g/mol. The number of aromatic hydroxyl groups is 1. The number of aliphatic hydroxyl groups is 1. The highest BCUT2D eigenvalue weighted by atomic mass is 32.2. The summed E-state index contributed by atoms with van der Waals surface area (Å²) in [6.07, 6.45) is 2.05. The number of rotatable bonds is 3. The van der Waals surface area contributed by atoms with Crippen molar-refractivity contribution in [3.8, 4) is 5.75 Å². The average molecular weight is 284 g/mol. The third kappa shape index (κ3) is 2.83. The molecule has 2 heterocycles. The molecular formula is C12H16N2O4S. The van der Waals surface area contributed by atoms with Gasteiger partial charge in [0.2, 0.25) is 0 Å². The van der Waals surface area contributed by atoms with E-state index in [9.17, 15) is 15.0 Å². The van der Waals surface area contributed by atoms with Crippen molar-refractivity contribution in [2.75, 3.05) is 5.75 Å². The minimum Gasteiger partial charge on any atom is -0.506 e. The summed E-state index contributed by atoms with van der Waals surface area (Å²) in [7, 11) is 0. The Bertz CT molecular complexity index is 495. The summed E-state index contributed by atoms with van der Waals surface area (Å²) < 4.78 is 0. The Morgan fingerprint density at radius 3 is 3.00 bits per heavy atom. The average Bonchev–Trinajstić information content (AvgIpc) is 2.41. The molecule has 1 aromatic heterocycles. The number of nitrogens with one attached hydrogen (secondary N) is 1. The lowest BCUT2D eigenvalue weighted by molar-refractivity contribution is -0.139. The van der Waals surface area contributed by atoms with Crippen molar-refractivity contribution in [1.82, 2.24) is 10.3 Å². The largest absolute Gasteiger partial charge is 0.506 e. The van der Waals surface area contributed by atoms with Crippen LogP contribution in [0.4, 0.5) is 0 Å². The van der Waals surface area contributed by atoms with Crippen LogP contribution in [-0.4, -0.2) is 38.1 Å². The highest BCUT2D eigenvalue weighted by Gasteiger charge is 2.30.